The molecule has 0 aliphatic rings. The van der Waals surface area contributed by atoms with Gasteiger partial charge in [-0.1, -0.05) is 194 Å². The zero-order valence-corrected chi connectivity index (χ0v) is 31.0. The van der Waals surface area contributed by atoms with Gasteiger partial charge >= 0.3 is 0 Å². The molecule has 1 heteroatoms. The molecule has 0 fully saturated rings. The van der Waals surface area contributed by atoms with E-state index in [9.17, 15) is 0 Å². The van der Waals surface area contributed by atoms with Gasteiger partial charge in [-0.2, -0.15) is 0 Å². The molecule has 0 N–H and O–H groups in total. The quantitative estimate of drug-likeness (QED) is 0.126. The van der Waals surface area contributed by atoms with E-state index in [1.54, 1.807) is 18.2 Å². The van der Waals surface area contributed by atoms with Crippen LogP contribution in [-0.2, 0) is 0 Å². The molecule has 0 bridgehead atoms. The van der Waals surface area contributed by atoms with Crippen LogP contribution in [0.25, 0.3) is 121 Å². The first kappa shape index (κ1) is 21.7. The van der Waals surface area contributed by atoms with Gasteiger partial charge in [0.05, 0.1) is 20.6 Å². The zero-order chi connectivity index (χ0) is 51.9. The standard InChI is InChI=1S/C58H36O/c1-4-17-37(18-5-1)44-33-34-50-57-43(29-16-30-53(57)59-58(50)55(44)39-21-8-3-9-22-39)41-31-32-45-51(35-41)42-24-11-10-23-40(42)36-52(45)56-48-27-14-12-25-46(48)54(38-19-6-2-7-20-38)47-26-13-15-28-49(47)56/h1-36H/i1D,2D,3D,4D,5D,6D,7D,8D,9D,17D,18D,19D,20D,21D,22D. The monoisotopic (exact) mass is 763 g/mol. The van der Waals surface area contributed by atoms with Crippen LogP contribution in [0.4, 0.5) is 0 Å². The van der Waals surface area contributed by atoms with Gasteiger partial charge in [0, 0.05) is 16.3 Å². The summed E-state index contributed by atoms with van der Waals surface area (Å²) in [7, 11) is 0. The lowest BCUT2D eigenvalue weighted by Crippen LogP contribution is -1.92. The molecule has 0 amide bonds. The third-order valence-corrected chi connectivity index (χ3v) is 11.3. The molecule has 274 valence electrons. The Kier molecular flexibility index (Phi) is 4.94. The fraction of sp³-hybridized carbons (Fsp3) is 0. The highest BCUT2D eigenvalue weighted by atomic mass is 16.3. The predicted octanol–water partition coefficient (Wildman–Crippen LogP) is 16.5. The second-order valence-corrected chi connectivity index (χ2v) is 14.4. The summed E-state index contributed by atoms with van der Waals surface area (Å²) in [6.45, 7) is 0. The van der Waals surface area contributed by atoms with Gasteiger partial charge < -0.3 is 4.42 Å². The topological polar surface area (TPSA) is 13.1 Å². The maximum absolute atomic E-state index is 9.10. The van der Waals surface area contributed by atoms with Crippen molar-refractivity contribution in [3.8, 4) is 55.6 Å². The van der Waals surface area contributed by atoms with E-state index in [0.717, 1.165) is 54.6 Å². The van der Waals surface area contributed by atoms with Crippen molar-refractivity contribution in [2.24, 2.45) is 0 Å². The average Bonchev–Trinajstić information content (AvgIpc) is 3.82. The highest BCUT2D eigenvalue weighted by Crippen LogP contribution is 2.48. The van der Waals surface area contributed by atoms with Gasteiger partial charge in [-0.15, -0.1) is 0 Å². The Morgan fingerprint density at radius 1 is 0.322 bits per heavy atom. The van der Waals surface area contributed by atoms with E-state index in [-0.39, 0.29) is 45.5 Å². The second-order valence-electron chi connectivity index (χ2n) is 14.4. The van der Waals surface area contributed by atoms with Crippen molar-refractivity contribution in [1.82, 2.24) is 0 Å². The maximum Gasteiger partial charge on any atom is 0.143 e. The van der Waals surface area contributed by atoms with Crippen LogP contribution >= 0.6 is 0 Å². The molecule has 59 heavy (non-hydrogen) atoms. The smallest absolute Gasteiger partial charge is 0.143 e. The third kappa shape index (κ3) is 5.25. The molecule has 0 saturated carbocycles. The van der Waals surface area contributed by atoms with E-state index < -0.39 is 78.6 Å². The van der Waals surface area contributed by atoms with Gasteiger partial charge in [-0.25, -0.2) is 0 Å². The van der Waals surface area contributed by atoms with E-state index in [1.807, 2.05) is 84.9 Å². The van der Waals surface area contributed by atoms with Crippen LogP contribution in [0.2, 0.25) is 0 Å². The third-order valence-electron chi connectivity index (χ3n) is 11.3. The Bertz CT molecular complexity index is 4360. The first-order valence-electron chi connectivity index (χ1n) is 26.6. The predicted molar refractivity (Wildman–Crippen MR) is 251 cm³/mol. The number of hydrogen-bond acceptors (Lipinski definition) is 1. The molecule has 1 heterocycles. The van der Waals surface area contributed by atoms with Gasteiger partial charge in [0.25, 0.3) is 0 Å². The summed E-state index contributed by atoms with van der Waals surface area (Å²) in [4.78, 5) is 0. The summed E-state index contributed by atoms with van der Waals surface area (Å²) < 4.78 is 137. The number of fused-ring (bicyclic) bond motifs is 8. The van der Waals surface area contributed by atoms with Crippen molar-refractivity contribution in [1.29, 1.82) is 0 Å². The molecule has 0 saturated heterocycles. The van der Waals surface area contributed by atoms with Crippen LogP contribution in [0.1, 0.15) is 20.6 Å². The van der Waals surface area contributed by atoms with E-state index in [4.69, 9.17) is 25.0 Å². The average molecular weight is 764 g/mol. The molecule has 0 spiro atoms. The molecule has 0 atom stereocenters. The van der Waals surface area contributed by atoms with Gasteiger partial charge in [0.1, 0.15) is 11.2 Å². The number of rotatable bonds is 5. The highest BCUT2D eigenvalue weighted by molar-refractivity contribution is 6.26. The summed E-state index contributed by atoms with van der Waals surface area (Å²) in [6.07, 6.45) is 0. The van der Waals surface area contributed by atoms with E-state index in [0.29, 0.717) is 32.7 Å². The van der Waals surface area contributed by atoms with E-state index >= 15 is 0 Å². The minimum absolute atomic E-state index is 0.0219. The minimum atomic E-state index is -0.620. The normalized spacial score (nSPS) is 15.3. The van der Waals surface area contributed by atoms with Crippen molar-refractivity contribution in [3.63, 3.8) is 0 Å². The molecule has 0 radical (unpaired) electrons. The molecule has 1 aromatic heterocycles. The zero-order valence-electron chi connectivity index (χ0n) is 46.0. The number of benzene rings is 11. The molecular weight excluding hydrogens is 713 g/mol. The van der Waals surface area contributed by atoms with Crippen LogP contribution in [0.15, 0.2) is 222 Å². The van der Waals surface area contributed by atoms with Gasteiger partial charge in [-0.05, 0) is 117 Å². The molecule has 0 unspecified atom stereocenters. The Morgan fingerprint density at radius 2 is 0.881 bits per heavy atom. The van der Waals surface area contributed by atoms with Crippen LogP contribution in [0.5, 0.6) is 0 Å². The molecular formula is C58H36O. The summed E-state index contributed by atoms with van der Waals surface area (Å²) in [6, 6.07) is 33.0. The van der Waals surface area contributed by atoms with Crippen LogP contribution in [-0.4, -0.2) is 0 Å². The summed E-state index contributed by atoms with van der Waals surface area (Å²) >= 11 is 0. The summed E-state index contributed by atoms with van der Waals surface area (Å²) in [5.41, 5.74) is 4.00. The Balaban J connectivity index is 1.14. The molecule has 0 aliphatic heterocycles. The lowest BCUT2D eigenvalue weighted by molar-refractivity contribution is 0.670. The fourth-order valence-electron chi connectivity index (χ4n) is 8.89. The lowest BCUT2D eigenvalue weighted by Gasteiger charge is -2.20. The molecule has 11 aromatic carbocycles. The Morgan fingerprint density at radius 3 is 1.54 bits per heavy atom. The maximum atomic E-state index is 9.10. The summed E-state index contributed by atoms with van der Waals surface area (Å²) in [5, 5.41) is 7.93. The van der Waals surface area contributed by atoms with Crippen LogP contribution in [0, 0.1) is 0 Å². The van der Waals surface area contributed by atoms with Gasteiger partial charge in [0.15, 0.2) is 0 Å². The minimum Gasteiger partial charge on any atom is -0.455 e. The van der Waals surface area contributed by atoms with E-state index in [1.165, 1.54) is 0 Å². The molecule has 12 rings (SSSR count). The molecule has 1 nitrogen and oxygen atoms in total. The first-order chi connectivity index (χ1) is 35.5. The number of hydrogen-bond donors (Lipinski definition) is 0. The van der Waals surface area contributed by atoms with Crippen molar-refractivity contribution >= 4 is 65.0 Å². The van der Waals surface area contributed by atoms with Gasteiger partial charge in [-0.3, -0.25) is 0 Å². The van der Waals surface area contributed by atoms with Crippen LogP contribution in [0.3, 0.4) is 0 Å². The van der Waals surface area contributed by atoms with Crippen molar-refractivity contribution in [2.45, 2.75) is 0 Å². The van der Waals surface area contributed by atoms with Crippen molar-refractivity contribution in [3.05, 3.63) is 218 Å². The first-order valence-corrected chi connectivity index (χ1v) is 19.1. The lowest BCUT2D eigenvalue weighted by atomic mass is 9.83. The van der Waals surface area contributed by atoms with Crippen molar-refractivity contribution < 1.29 is 25.0 Å². The molecule has 0 aliphatic carbocycles. The SMILES string of the molecule is [2H]c1c([2H])c([2H])c(-c2ccc3c(oc4cccc(-c5ccc6c(-c7c8ccccc8c(-c8c([2H])c([2H])c([2H])c([2H])c8[2H])c8ccccc78)cc7ccccc7c6c5)c43)c2-c2c([2H])c([2H])c([2H])c([2H])c2[2H])c([2H])c1[2H]. The Labute approximate surface area is 363 Å². The van der Waals surface area contributed by atoms with E-state index in [2.05, 4.69) is 24.3 Å². The van der Waals surface area contributed by atoms with Crippen LogP contribution < -0.4 is 0 Å². The highest BCUT2D eigenvalue weighted by Gasteiger charge is 2.22. The van der Waals surface area contributed by atoms with Crippen molar-refractivity contribution in [2.75, 3.05) is 0 Å². The number of furan rings is 1. The summed E-state index contributed by atoms with van der Waals surface area (Å²) in [5.74, 6) is 0. The van der Waals surface area contributed by atoms with Gasteiger partial charge in [0.2, 0.25) is 0 Å². The molecule has 12 aromatic rings. The largest absolute Gasteiger partial charge is 0.455 e. The Hall–Kier alpha value is -7.74. The fourth-order valence-corrected chi connectivity index (χ4v) is 8.89. The second kappa shape index (κ2) is 13.4.